The number of nitrogens with two attached hydrogens (primary N) is 1. The Morgan fingerprint density at radius 3 is 2.60 bits per heavy atom. The summed E-state index contributed by atoms with van der Waals surface area (Å²) in [6.07, 6.45) is 0. The van der Waals surface area contributed by atoms with Crippen LogP contribution in [-0.4, -0.2) is 18.8 Å². The third kappa shape index (κ3) is 3.81. The Kier molecular flexibility index (Phi) is 4.45. The molecule has 3 nitrogen and oxygen atoms in total. The molecule has 0 spiro atoms. The van der Waals surface area contributed by atoms with Crippen LogP contribution in [0.4, 0.5) is 4.39 Å². The van der Waals surface area contributed by atoms with E-state index in [1.54, 1.807) is 19.2 Å². The fourth-order valence-electron chi connectivity index (χ4n) is 1.25. The zero-order chi connectivity index (χ0) is 11.3. The van der Waals surface area contributed by atoms with Crippen molar-refractivity contribution in [2.45, 2.75) is 6.04 Å². The summed E-state index contributed by atoms with van der Waals surface area (Å²) < 4.78 is 17.7. The molecular formula is C10H13FN2OS. The van der Waals surface area contributed by atoms with Gasteiger partial charge in [-0.2, -0.15) is 0 Å². The van der Waals surface area contributed by atoms with Crippen LogP contribution in [0, 0.1) is 5.82 Å². The van der Waals surface area contributed by atoms with E-state index in [0.29, 0.717) is 6.61 Å². The van der Waals surface area contributed by atoms with Crippen molar-refractivity contribution in [1.29, 1.82) is 0 Å². The van der Waals surface area contributed by atoms with Gasteiger partial charge in [-0.1, -0.05) is 12.1 Å². The van der Waals surface area contributed by atoms with Gasteiger partial charge in [0.2, 0.25) is 0 Å². The Morgan fingerprint density at radius 1 is 1.53 bits per heavy atom. The van der Waals surface area contributed by atoms with Gasteiger partial charge in [0.1, 0.15) is 5.82 Å². The van der Waals surface area contributed by atoms with Crippen molar-refractivity contribution in [3.63, 3.8) is 0 Å². The first kappa shape index (κ1) is 11.9. The first-order chi connectivity index (χ1) is 7.13. The largest absolute Gasteiger partial charge is 0.382 e. The van der Waals surface area contributed by atoms with Crippen LogP contribution in [0.15, 0.2) is 24.3 Å². The standard InChI is InChI=1S/C10H13FN2OS/c1-14-6-9(13-10(12)15)7-2-4-8(11)5-3-7/h2-5,9H,6H2,1H3,(H3,12,13,15). The molecule has 0 saturated carbocycles. The van der Waals surface area contributed by atoms with Gasteiger partial charge >= 0.3 is 0 Å². The lowest BCUT2D eigenvalue weighted by atomic mass is 10.1. The van der Waals surface area contributed by atoms with Crippen molar-refractivity contribution >= 4 is 17.3 Å². The number of hydrogen-bond donors (Lipinski definition) is 2. The first-order valence-corrected chi connectivity index (χ1v) is 4.84. The minimum absolute atomic E-state index is 0.145. The highest BCUT2D eigenvalue weighted by Crippen LogP contribution is 2.13. The fourth-order valence-corrected chi connectivity index (χ4v) is 1.40. The lowest BCUT2D eigenvalue weighted by molar-refractivity contribution is 0.174. The Balaban J connectivity index is 2.78. The molecule has 0 aromatic heterocycles. The minimum Gasteiger partial charge on any atom is -0.382 e. The van der Waals surface area contributed by atoms with E-state index < -0.39 is 0 Å². The maximum absolute atomic E-state index is 12.7. The molecule has 0 aliphatic carbocycles. The molecule has 15 heavy (non-hydrogen) atoms. The second kappa shape index (κ2) is 5.63. The lowest BCUT2D eigenvalue weighted by Crippen LogP contribution is -2.35. The number of halogens is 1. The van der Waals surface area contributed by atoms with Crippen LogP contribution in [-0.2, 0) is 4.74 Å². The van der Waals surface area contributed by atoms with E-state index in [1.807, 2.05) is 0 Å². The summed E-state index contributed by atoms with van der Waals surface area (Å²) in [6, 6.07) is 5.97. The van der Waals surface area contributed by atoms with Gasteiger partial charge in [0.05, 0.1) is 12.6 Å². The van der Waals surface area contributed by atoms with Gasteiger partial charge in [-0.15, -0.1) is 0 Å². The van der Waals surface area contributed by atoms with Crippen LogP contribution in [0.1, 0.15) is 11.6 Å². The molecule has 1 rings (SSSR count). The molecule has 1 aromatic rings. The molecule has 0 aliphatic rings. The van der Waals surface area contributed by atoms with Crippen LogP contribution in [0.5, 0.6) is 0 Å². The van der Waals surface area contributed by atoms with Gasteiger partial charge in [0.15, 0.2) is 5.11 Å². The summed E-state index contributed by atoms with van der Waals surface area (Å²) in [5, 5.41) is 3.07. The predicted octanol–water partition coefficient (Wildman–Crippen LogP) is 1.35. The molecule has 5 heteroatoms. The number of hydrogen-bond acceptors (Lipinski definition) is 2. The smallest absolute Gasteiger partial charge is 0.164 e. The normalized spacial score (nSPS) is 12.1. The average molecular weight is 228 g/mol. The lowest BCUT2D eigenvalue weighted by Gasteiger charge is -2.18. The second-order valence-electron chi connectivity index (χ2n) is 3.07. The minimum atomic E-state index is -0.273. The third-order valence-corrected chi connectivity index (χ3v) is 2.04. The molecule has 3 N–H and O–H groups in total. The van der Waals surface area contributed by atoms with Gasteiger partial charge in [0.25, 0.3) is 0 Å². The van der Waals surface area contributed by atoms with Gasteiger partial charge in [0, 0.05) is 7.11 Å². The van der Waals surface area contributed by atoms with E-state index in [2.05, 4.69) is 5.32 Å². The molecule has 0 radical (unpaired) electrons. The van der Waals surface area contributed by atoms with E-state index in [-0.39, 0.29) is 17.0 Å². The van der Waals surface area contributed by atoms with Crippen molar-refractivity contribution in [1.82, 2.24) is 5.32 Å². The molecule has 0 aliphatic heterocycles. The quantitative estimate of drug-likeness (QED) is 0.764. The average Bonchev–Trinajstić information content (AvgIpc) is 2.17. The number of thiocarbonyl (C=S) groups is 1. The number of ether oxygens (including phenoxy) is 1. The van der Waals surface area contributed by atoms with Gasteiger partial charge in [-0.05, 0) is 29.9 Å². The van der Waals surface area contributed by atoms with Crippen LogP contribution in [0.2, 0.25) is 0 Å². The zero-order valence-corrected chi connectivity index (χ0v) is 9.18. The Labute approximate surface area is 93.4 Å². The van der Waals surface area contributed by atoms with Gasteiger partial charge in [-0.25, -0.2) is 4.39 Å². The van der Waals surface area contributed by atoms with Crippen LogP contribution in [0.25, 0.3) is 0 Å². The Hall–Kier alpha value is -1.20. The van der Waals surface area contributed by atoms with Crippen molar-refractivity contribution in [3.05, 3.63) is 35.6 Å². The highest BCUT2D eigenvalue weighted by atomic mass is 32.1. The molecule has 0 saturated heterocycles. The summed E-state index contributed by atoms with van der Waals surface area (Å²) in [5.74, 6) is -0.273. The Morgan fingerprint density at radius 2 is 2.13 bits per heavy atom. The number of benzene rings is 1. The van der Waals surface area contributed by atoms with E-state index in [1.165, 1.54) is 12.1 Å². The van der Waals surface area contributed by atoms with Crippen LogP contribution < -0.4 is 11.1 Å². The first-order valence-electron chi connectivity index (χ1n) is 4.44. The summed E-state index contributed by atoms with van der Waals surface area (Å²) >= 11 is 4.75. The number of methoxy groups -OCH3 is 1. The van der Waals surface area contributed by atoms with Crippen molar-refractivity contribution in [2.75, 3.05) is 13.7 Å². The SMILES string of the molecule is COCC(NC(N)=S)c1ccc(F)cc1. The molecule has 0 amide bonds. The van der Waals surface area contributed by atoms with Crippen molar-refractivity contribution in [2.24, 2.45) is 5.73 Å². The summed E-state index contributed by atoms with van der Waals surface area (Å²) in [7, 11) is 1.58. The van der Waals surface area contributed by atoms with Crippen LogP contribution >= 0.6 is 12.2 Å². The van der Waals surface area contributed by atoms with Crippen LogP contribution in [0.3, 0.4) is 0 Å². The highest BCUT2D eigenvalue weighted by molar-refractivity contribution is 7.80. The molecule has 1 aromatic carbocycles. The van der Waals surface area contributed by atoms with Crippen molar-refractivity contribution in [3.8, 4) is 0 Å². The molecule has 0 fully saturated rings. The van der Waals surface area contributed by atoms with Gasteiger partial charge in [-0.3, -0.25) is 0 Å². The van der Waals surface area contributed by atoms with Crippen molar-refractivity contribution < 1.29 is 9.13 Å². The van der Waals surface area contributed by atoms with E-state index >= 15 is 0 Å². The molecular weight excluding hydrogens is 215 g/mol. The maximum atomic E-state index is 12.7. The molecule has 1 atom stereocenters. The number of nitrogens with one attached hydrogen (secondary N) is 1. The topological polar surface area (TPSA) is 47.3 Å². The highest BCUT2D eigenvalue weighted by Gasteiger charge is 2.11. The summed E-state index contributed by atoms with van der Waals surface area (Å²) in [6.45, 7) is 0.420. The molecule has 0 bridgehead atoms. The predicted molar refractivity (Wildman–Crippen MR) is 60.9 cm³/mol. The van der Waals surface area contributed by atoms with E-state index in [4.69, 9.17) is 22.7 Å². The molecule has 82 valence electrons. The number of rotatable bonds is 4. The zero-order valence-electron chi connectivity index (χ0n) is 8.37. The molecule has 0 heterocycles. The monoisotopic (exact) mass is 228 g/mol. The Bertz CT molecular complexity index is 329. The van der Waals surface area contributed by atoms with Gasteiger partial charge < -0.3 is 15.8 Å². The van der Waals surface area contributed by atoms with E-state index in [0.717, 1.165) is 5.56 Å². The maximum Gasteiger partial charge on any atom is 0.164 e. The third-order valence-electron chi connectivity index (χ3n) is 1.92. The van der Waals surface area contributed by atoms with E-state index in [9.17, 15) is 4.39 Å². The fraction of sp³-hybridized carbons (Fsp3) is 0.300. The summed E-state index contributed by atoms with van der Waals surface area (Å²) in [4.78, 5) is 0. The second-order valence-corrected chi connectivity index (χ2v) is 3.51. The molecule has 1 unspecified atom stereocenters. The summed E-state index contributed by atoms with van der Waals surface area (Å²) in [5.41, 5.74) is 6.26.